The summed E-state index contributed by atoms with van der Waals surface area (Å²) in [6, 6.07) is 0. The van der Waals surface area contributed by atoms with Crippen molar-refractivity contribution in [3.8, 4) is 0 Å². The number of rotatable bonds is 7. The average Bonchev–Trinajstić information content (AvgIpc) is 2.13. The number of hydrogen-bond acceptors (Lipinski definition) is 2. The van der Waals surface area contributed by atoms with Crippen molar-refractivity contribution in [1.82, 2.24) is 0 Å². The molecule has 102 valence electrons. The molecule has 0 heterocycles. The lowest BCUT2D eigenvalue weighted by atomic mass is 9.65. The van der Waals surface area contributed by atoms with Crippen LogP contribution in [0.2, 0.25) is 6.82 Å². The SMILES string of the molecule is CBC(C)(C)OCC(C)(C)OC(C)(C)C(C)C. The second-order valence-electron chi connectivity index (χ2n) is 7.02. The van der Waals surface area contributed by atoms with Gasteiger partial charge in [0.2, 0.25) is 0 Å². The van der Waals surface area contributed by atoms with Crippen LogP contribution in [0.1, 0.15) is 55.4 Å². The van der Waals surface area contributed by atoms with E-state index < -0.39 is 0 Å². The smallest absolute Gasteiger partial charge is 0.157 e. The molecule has 0 unspecified atom stereocenters. The molecule has 0 saturated heterocycles. The van der Waals surface area contributed by atoms with Gasteiger partial charge in [0.05, 0.1) is 17.8 Å². The highest BCUT2D eigenvalue weighted by atomic mass is 16.6. The van der Waals surface area contributed by atoms with Gasteiger partial charge in [-0.05, 0) is 47.5 Å². The summed E-state index contributed by atoms with van der Waals surface area (Å²) in [6.07, 6.45) is 0. The van der Waals surface area contributed by atoms with E-state index in [-0.39, 0.29) is 16.7 Å². The van der Waals surface area contributed by atoms with Gasteiger partial charge >= 0.3 is 0 Å². The fraction of sp³-hybridized carbons (Fsp3) is 1.00. The van der Waals surface area contributed by atoms with Crippen molar-refractivity contribution in [2.45, 2.75) is 78.9 Å². The van der Waals surface area contributed by atoms with Crippen molar-refractivity contribution in [3.63, 3.8) is 0 Å². The Bertz CT molecular complexity index is 232. The first-order chi connectivity index (χ1) is 7.42. The second-order valence-corrected chi connectivity index (χ2v) is 7.02. The molecular weight excluding hydrogens is 211 g/mol. The van der Waals surface area contributed by atoms with Crippen LogP contribution in [-0.4, -0.2) is 30.6 Å². The summed E-state index contributed by atoms with van der Waals surface area (Å²) < 4.78 is 12.1. The third kappa shape index (κ3) is 6.47. The highest BCUT2D eigenvalue weighted by Crippen LogP contribution is 2.28. The van der Waals surface area contributed by atoms with Crippen LogP contribution < -0.4 is 0 Å². The minimum Gasteiger partial charge on any atom is -0.381 e. The fourth-order valence-corrected chi connectivity index (χ4v) is 1.33. The Morgan fingerprint density at radius 3 is 1.82 bits per heavy atom. The summed E-state index contributed by atoms with van der Waals surface area (Å²) in [4.78, 5) is 0. The van der Waals surface area contributed by atoms with Crippen molar-refractivity contribution < 1.29 is 9.47 Å². The van der Waals surface area contributed by atoms with Crippen LogP contribution in [0.4, 0.5) is 0 Å². The molecule has 0 N–H and O–H groups in total. The van der Waals surface area contributed by atoms with Crippen LogP contribution in [0.3, 0.4) is 0 Å². The Morgan fingerprint density at radius 2 is 1.47 bits per heavy atom. The Morgan fingerprint density at radius 1 is 1.00 bits per heavy atom. The molecule has 0 aliphatic carbocycles. The third-order valence-electron chi connectivity index (χ3n) is 3.59. The molecule has 0 radical (unpaired) electrons. The summed E-state index contributed by atoms with van der Waals surface area (Å²) >= 11 is 0. The number of ether oxygens (including phenoxy) is 2. The van der Waals surface area contributed by atoms with E-state index in [9.17, 15) is 0 Å². The van der Waals surface area contributed by atoms with Gasteiger partial charge < -0.3 is 9.47 Å². The maximum Gasteiger partial charge on any atom is 0.157 e. The van der Waals surface area contributed by atoms with E-state index in [1.54, 1.807) is 0 Å². The van der Waals surface area contributed by atoms with Gasteiger partial charge in [0, 0.05) is 5.50 Å². The lowest BCUT2D eigenvalue weighted by Crippen LogP contribution is -2.45. The predicted octanol–water partition coefficient (Wildman–Crippen LogP) is 3.45. The Labute approximate surface area is 109 Å². The lowest BCUT2D eigenvalue weighted by molar-refractivity contribution is -0.177. The quantitative estimate of drug-likeness (QED) is 0.636. The van der Waals surface area contributed by atoms with Crippen molar-refractivity contribution in [2.75, 3.05) is 6.61 Å². The summed E-state index contributed by atoms with van der Waals surface area (Å²) in [5.74, 6) is 0.487. The normalized spacial score (nSPS) is 14.2. The fourth-order valence-electron chi connectivity index (χ4n) is 1.33. The number of hydrogen-bond donors (Lipinski definition) is 0. The molecule has 0 rings (SSSR count). The van der Waals surface area contributed by atoms with Crippen molar-refractivity contribution >= 4 is 7.28 Å². The van der Waals surface area contributed by atoms with Gasteiger partial charge in [0.25, 0.3) is 0 Å². The maximum atomic E-state index is 6.20. The Kier molecular flexibility index (Phi) is 5.74. The van der Waals surface area contributed by atoms with Crippen LogP contribution in [0, 0.1) is 5.92 Å². The molecule has 0 bridgehead atoms. The molecule has 0 saturated carbocycles. The first-order valence-corrected chi connectivity index (χ1v) is 6.76. The topological polar surface area (TPSA) is 18.5 Å². The molecule has 3 heteroatoms. The van der Waals surface area contributed by atoms with E-state index in [4.69, 9.17) is 9.47 Å². The van der Waals surface area contributed by atoms with Crippen LogP contribution in [0.15, 0.2) is 0 Å². The van der Waals surface area contributed by atoms with E-state index in [0.29, 0.717) is 12.5 Å². The molecule has 0 aromatic rings. The van der Waals surface area contributed by atoms with Gasteiger partial charge in [-0.15, -0.1) is 0 Å². The maximum absolute atomic E-state index is 6.20. The van der Waals surface area contributed by atoms with Crippen LogP contribution in [0.25, 0.3) is 0 Å². The van der Waals surface area contributed by atoms with E-state index in [0.717, 1.165) is 7.28 Å². The minimum atomic E-state index is -0.250. The third-order valence-corrected chi connectivity index (χ3v) is 3.59. The molecule has 0 aliphatic rings. The summed E-state index contributed by atoms with van der Waals surface area (Å²) in [6.45, 7) is 19.9. The molecule has 0 fully saturated rings. The summed E-state index contributed by atoms with van der Waals surface area (Å²) in [5.41, 5.74) is -0.438. The van der Waals surface area contributed by atoms with Crippen LogP contribution >= 0.6 is 0 Å². The molecular formula is C14H31BO2. The first-order valence-electron chi connectivity index (χ1n) is 6.76. The van der Waals surface area contributed by atoms with Gasteiger partial charge in [0.1, 0.15) is 0 Å². The Balaban J connectivity index is 4.40. The van der Waals surface area contributed by atoms with Gasteiger partial charge in [-0.1, -0.05) is 20.7 Å². The van der Waals surface area contributed by atoms with Crippen LogP contribution in [-0.2, 0) is 9.47 Å². The highest BCUT2D eigenvalue weighted by Gasteiger charge is 2.33. The molecule has 0 spiro atoms. The zero-order chi connectivity index (χ0) is 13.9. The molecule has 0 aromatic carbocycles. The van der Waals surface area contributed by atoms with E-state index in [2.05, 4.69) is 62.2 Å². The molecule has 0 atom stereocenters. The van der Waals surface area contributed by atoms with Crippen LogP contribution in [0.5, 0.6) is 0 Å². The molecule has 0 aliphatic heterocycles. The van der Waals surface area contributed by atoms with Gasteiger partial charge in [-0.2, -0.15) is 0 Å². The van der Waals surface area contributed by atoms with Gasteiger partial charge in [-0.3, -0.25) is 0 Å². The molecule has 0 aromatic heterocycles. The molecule has 2 nitrogen and oxygen atoms in total. The largest absolute Gasteiger partial charge is 0.381 e. The van der Waals surface area contributed by atoms with E-state index in [1.165, 1.54) is 0 Å². The highest BCUT2D eigenvalue weighted by molar-refractivity contribution is 6.37. The first kappa shape index (κ1) is 17.0. The average molecular weight is 242 g/mol. The molecule has 17 heavy (non-hydrogen) atoms. The van der Waals surface area contributed by atoms with Crippen molar-refractivity contribution in [3.05, 3.63) is 0 Å². The van der Waals surface area contributed by atoms with E-state index in [1.807, 2.05) is 0 Å². The van der Waals surface area contributed by atoms with Crippen molar-refractivity contribution in [2.24, 2.45) is 5.92 Å². The second kappa shape index (κ2) is 5.75. The van der Waals surface area contributed by atoms with Gasteiger partial charge in [-0.25, -0.2) is 0 Å². The summed E-state index contributed by atoms with van der Waals surface area (Å²) in [5, 5.41) is 0. The standard InChI is InChI=1S/C14H31BO2/c1-11(2)13(5,6)17-12(3,4)10-16-14(7,8)15-9/h11,15H,10H2,1-9H3. The monoisotopic (exact) mass is 242 g/mol. The predicted molar refractivity (Wildman–Crippen MR) is 77.1 cm³/mol. The zero-order valence-electron chi connectivity index (χ0n) is 13.3. The van der Waals surface area contributed by atoms with Crippen molar-refractivity contribution in [1.29, 1.82) is 0 Å². The lowest BCUT2D eigenvalue weighted by Gasteiger charge is -2.40. The molecule has 0 amide bonds. The Hall–Kier alpha value is -0.0151. The summed E-state index contributed by atoms with van der Waals surface area (Å²) in [7, 11) is 1.01. The van der Waals surface area contributed by atoms with Gasteiger partial charge in [0.15, 0.2) is 7.28 Å². The minimum absolute atomic E-state index is 0.0669. The zero-order valence-corrected chi connectivity index (χ0v) is 13.3. The van der Waals surface area contributed by atoms with E-state index >= 15 is 0 Å².